The third kappa shape index (κ3) is 3.87. The van der Waals surface area contributed by atoms with Crippen LogP contribution in [-0.4, -0.2) is 48.2 Å². The van der Waals surface area contributed by atoms with Crippen LogP contribution in [0.4, 0.5) is 0 Å². The van der Waals surface area contributed by atoms with Crippen LogP contribution in [0.1, 0.15) is 19.3 Å². The minimum absolute atomic E-state index is 0.170. The summed E-state index contributed by atoms with van der Waals surface area (Å²) < 4.78 is 10.5. The van der Waals surface area contributed by atoms with Crippen molar-refractivity contribution in [2.75, 3.05) is 20.3 Å². The maximum Gasteiger partial charge on any atom is 0.326 e. The molecule has 2 rings (SSSR count). The minimum Gasteiger partial charge on any atom is -0.497 e. The summed E-state index contributed by atoms with van der Waals surface area (Å²) in [6.07, 6.45) is 2.16. The third-order valence-electron chi connectivity index (χ3n) is 3.51. The first kappa shape index (κ1) is 15.2. The van der Waals surface area contributed by atoms with E-state index in [1.807, 2.05) is 0 Å². The standard InChI is InChI=1S/C15H19NO5/c1-20-11-5-4-6-12(9-11)21-10-14(17)16-8-3-2-7-13(16)15(18)19/h4-6,9,13H,2-3,7-8,10H2,1H3,(H,18,19). The van der Waals surface area contributed by atoms with Gasteiger partial charge in [0, 0.05) is 12.6 Å². The monoisotopic (exact) mass is 293 g/mol. The smallest absolute Gasteiger partial charge is 0.326 e. The van der Waals surface area contributed by atoms with Gasteiger partial charge in [-0.3, -0.25) is 4.79 Å². The Bertz CT molecular complexity index is 517. The second kappa shape index (κ2) is 6.97. The number of amides is 1. The zero-order valence-electron chi connectivity index (χ0n) is 11.9. The summed E-state index contributed by atoms with van der Waals surface area (Å²) in [6, 6.07) is 6.21. The Morgan fingerprint density at radius 1 is 1.33 bits per heavy atom. The number of carbonyl (C=O) groups is 2. The van der Waals surface area contributed by atoms with E-state index >= 15 is 0 Å². The first-order valence-electron chi connectivity index (χ1n) is 6.91. The molecule has 1 amide bonds. The van der Waals surface area contributed by atoms with E-state index in [-0.39, 0.29) is 12.5 Å². The number of carboxylic acid groups (broad SMARTS) is 1. The molecule has 1 aliphatic heterocycles. The fourth-order valence-corrected chi connectivity index (χ4v) is 2.41. The summed E-state index contributed by atoms with van der Waals surface area (Å²) >= 11 is 0. The van der Waals surface area contributed by atoms with E-state index in [4.69, 9.17) is 14.6 Å². The Morgan fingerprint density at radius 2 is 2.10 bits per heavy atom. The Kier molecular flexibility index (Phi) is 5.03. The van der Waals surface area contributed by atoms with Crippen LogP contribution < -0.4 is 9.47 Å². The number of likely N-dealkylation sites (tertiary alicyclic amines) is 1. The Hall–Kier alpha value is -2.24. The first-order valence-corrected chi connectivity index (χ1v) is 6.91. The zero-order valence-corrected chi connectivity index (χ0v) is 11.9. The second-order valence-electron chi connectivity index (χ2n) is 4.90. The molecule has 6 nitrogen and oxygen atoms in total. The van der Waals surface area contributed by atoms with Crippen molar-refractivity contribution in [3.63, 3.8) is 0 Å². The average molecular weight is 293 g/mol. The van der Waals surface area contributed by atoms with E-state index in [1.165, 1.54) is 4.90 Å². The fourth-order valence-electron chi connectivity index (χ4n) is 2.41. The van der Waals surface area contributed by atoms with Crippen LogP contribution in [0.5, 0.6) is 11.5 Å². The zero-order chi connectivity index (χ0) is 15.2. The number of rotatable bonds is 5. The lowest BCUT2D eigenvalue weighted by Gasteiger charge is -2.32. The summed E-state index contributed by atoms with van der Waals surface area (Å²) in [5.41, 5.74) is 0. The summed E-state index contributed by atoms with van der Waals surface area (Å²) in [5.74, 6) is -0.0951. The summed E-state index contributed by atoms with van der Waals surface area (Å²) in [5, 5.41) is 9.16. The van der Waals surface area contributed by atoms with Crippen molar-refractivity contribution >= 4 is 11.9 Å². The number of carbonyl (C=O) groups excluding carboxylic acids is 1. The molecule has 1 unspecified atom stereocenters. The number of hydrogen-bond donors (Lipinski definition) is 1. The van der Waals surface area contributed by atoms with E-state index in [0.717, 1.165) is 12.8 Å². The molecule has 1 heterocycles. The number of methoxy groups -OCH3 is 1. The predicted octanol–water partition coefficient (Wildman–Crippen LogP) is 1.54. The van der Waals surface area contributed by atoms with Gasteiger partial charge in [0.1, 0.15) is 17.5 Å². The molecule has 0 aromatic heterocycles. The number of carboxylic acids is 1. The lowest BCUT2D eigenvalue weighted by atomic mass is 10.0. The van der Waals surface area contributed by atoms with Gasteiger partial charge in [0.25, 0.3) is 5.91 Å². The molecule has 1 aromatic carbocycles. The van der Waals surface area contributed by atoms with Crippen LogP contribution in [0.3, 0.4) is 0 Å². The molecule has 1 N–H and O–H groups in total. The molecule has 0 spiro atoms. The number of piperidine rings is 1. The maximum absolute atomic E-state index is 12.1. The average Bonchev–Trinajstić information content (AvgIpc) is 2.52. The van der Waals surface area contributed by atoms with Gasteiger partial charge in [0.15, 0.2) is 6.61 Å². The van der Waals surface area contributed by atoms with E-state index in [1.54, 1.807) is 31.4 Å². The van der Waals surface area contributed by atoms with Crippen molar-refractivity contribution in [3.8, 4) is 11.5 Å². The van der Waals surface area contributed by atoms with Gasteiger partial charge in [0.2, 0.25) is 0 Å². The third-order valence-corrected chi connectivity index (χ3v) is 3.51. The summed E-state index contributed by atoms with van der Waals surface area (Å²) in [4.78, 5) is 24.7. The van der Waals surface area contributed by atoms with Crippen LogP contribution in [0.2, 0.25) is 0 Å². The van der Waals surface area contributed by atoms with Gasteiger partial charge in [0.05, 0.1) is 7.11 Å². The van der Waals surface area contributed by atoms with Crippen LogP contribution in [0, 0.1) is 0 Å². The van der Waals surface area contributed by atoms with Crippen molar-refractivity contribution in [3.05, 3.63) is 24.3 Å². The lowest BCUT2D eigenvalue weighted by Crippen LogP contribution is -2.49. The van der Waals surface area contributed by atoms with Crippen molar-refractivity contribution < 1.29 is 24.2 Å². The normalized spacial score (nSPS) is 18.1. The molecule has 1 saturated heterocycles. The van der Waals surface area contributed by atoms with Gasteiger partial charge in [-0.05, 0) is 31.4 Å². The van der Waals surface area contributed by atoms with Gasteiger partial charge in [-0.15, -0.1) is 0 Å². The summed E-state index contributed by atoms with van der Waals surface area (Å²) in [6.45, 7) is 0.300. The maximum atomic E-state index is 12.1. The molecule has 114 valence electrons. The molecular formula is C15H19NO5. The van der Waals surface area contributed by atoms with Gasteiger partial charge < -0.3 is 19.5 Å². The van der Waals surface area contributed by atoms with Crippen molar-refractivity contribution in [2.45, 2.75) is 25.3 Å². The van der Waals surface area contributed by atoms with Gasteiger partial charge in [-0.1, -0.05) is 6.07 Å². The van der Waals surface area contributed by atoms with E-state index in [9.17, 15) is 9.59 Å². The molecule has 1 aromatic rings. The molecule has 1 atom stereocenters. The van der Waals surface area contributed by atoms with Crippen LogP contribution in [0.15, 0.2) is 24.3 Å². The lowest BCUT2D eigenvalue weighted by molar-refractivity contribution is -0.152. The van der Waals surface area contributed by atoms with Crippen molar-refractivity contribution in [1.82, 2.24) is 4.90 Å². The minimum atomic E-state index is -0.954. The number of hydrogen-bond acceptors (Lipinski definition) is 4. The fraction of sp³-hybridized carbons (Fsp3) is 0.467. The highest BCUT2D eigenvalue weighted by Crippen LogP contribution is 2.20. The molecule has 0 bridgehead atoms. The predicted molar refractivity (Wildman–Crippen MR) is 75.5 cm³/mol. The van der Waals surface area contributed by atoms with Crippen LogP contribution in [-0.2, 0) is 9.59 Å². The number of aliphatic carboxylic acids is 1. The molecule has 0 radical (unpaired) electrons. The first-order chi connectivity index (χ1) is 10.1. The van der Waals surface area contributed by atoms with Gasteiger partial charge in [-0.25, -0.2) is 4.79 Å². The topological polar surface area (TPSA) is 76.1 Å². The van der Waals surface area contributed by atoms with E-state index in [0.29, 0.717) is 24.5 Å². The Balaban J connectivity index is 1.95. The molecule has 6 heteroatoms. The molecule has 1 fully saturated rings. The van der Waals surface area contributed by atoms with Crippen LogP contribution >= 0.6 is 0 Å². The largest absolute Gasteiger partial charge is 0.497 e. The highest BCUT2D eigenvalue weighted by atomic mass is 16.5. The van der Waals surface area contributed by atoms with Gasteiger partial charge >= 0.3 is 5.97 Å². The molecule has 0 aliphatic carbocycles. The van der Waals surface area contributed by atoms with E-state index < -0.39 is 12.0 Å². The van der Waals surface area contributed by atoms with E-state index in [2.05, 4.69) is 0 Å². The SMILES string of the molecule is COc1cccc(OCC(=O)N2CCCCC2C(=O)O)c1. The Morgan fingerprint density at radius 3 is 2.81 bits per heavy atom. The van der Waals surface area contributed by atoms with Gasteiger partial charge in [-0.2, -0.15) is 0 Å². The van der Waals surface area contributed by atoms with Crippen molar-refractivity contribution in [2.24, 2.45) is 0 Å². The van der Waals surface area contributed by atoms with Crippen LogP contribution in [0.25, 0.3) is 0 Å². The molecule has 21 heavy (non-hydrogen) atoms. The van der Waals surface area contributed by atoms with Crippen molar-refractivity contribution in [1.29, 1.82) is 0 Å². The molecule has 1 aliphatic rings. The highest BCUT2D eigenvalue weighted by Gasteiger charge is 2.31. The molecule has 0 saturated carbocycles. The number of benzene rings is 1. The summed E-state index contributed by atoms with van der Waals surface area (Å²) in [7, 11) is 1.55. The number of ether oxygens (including phenoxy) is 2. The quantitative estimate of drug-likeness (QED) is 0.891. The Labute approximate surface area is 123 Å². The number of nitrogens with zero attached hydrogens (tertiary/aromatic N) is 1. The highest BCUT2D eigenvalue weighted by molar-refractivity contribution is 5.84. The molecular weight excluding hydrogens is 274 g/mol. The second-order valence-corrected chi connectivity index (χ2v) is 4.90.